The lowest BCUT2D eigenvalue weighted by Crippen LogP contribution is -2.34. The summed E-state index contributed by atoms with van der Waals surface area (Å²) in [6.07, 6.45) is 0.353. The maximum atomic E-state index is 11.7. The van der Waals surface area contributed by atoms with Crippen molar-refractivity contribution in [2.45, 2.75) is 19.9 Å². The number of fused-ring (bicyclic) bond motifs is 1. The van der Waals surface area contributed by atoms with Gasteiger partial charge in [-0.15, -0.1) is 0 Å². The molecule has 1 unspecified atom stereocenters. The molecule has 6 heteroatoms. The average molecular weight is 261 g/mol. The topological polar surface area (TPSA) is 84.2 Å². The van der Waals surface area contributed by atoms with Crippen LogP contribution in [-0.2, 0) is 9.59 Å². The normalized spacial score (nSPS) is 12.4. The third kappa shape index (κ3) is 2.48. The third-order valence-electron chi connectivity index (χ3n) is 2.89. The standard InChI is InChI=1S/C13H15N3O3/c1-7-4-10-9(8(2)16-7)5-11(19-10)12(14-3)13(18)15-6-17/h4-6,12,14H,1-3H3,(H,15,17,18). The van der Waals surface area contributed by atoms with Gasteiger partial charge in [0.2, 0.25) is 6.41 Å². The molecule has 2 aromatic rings. The number of hydrogen-bond donors (Lipinski definition) is 2. The fourth-order valence-electron chi connectivity index (χ4n) is 2.05. The summed E-state index contributed by atoms with van der Waals surface area (Å²) in [5.74, 6) is -0.00811. The summed E-state index contributed by atoms with van der Waals surface area (Å²) in [6.45, 7) is 3.76. The zero-order valence-corrected chi connectivity index (χ0v) is 11.0. The third-order valence-corrected chi connectivity index (χ3v) is 2.89. The molecular weight excluding hydrogens is 246 g/mol. The predicted molar refractivity (Wildman–Crippen MR) is 69.5 cm³/mol. The summed E-state index contributed by atoms with van der Waals surface area (Å²) in [5, 5.41) is 5.78. The fourth-order valence-corrected chi connectivity index (χ4v) is 2.05. The summed E-state index contributed by atoms with van der Waals surface area (Å²) in [6, 6.07) is 2.87. The molecule has 0 saturated heterocycles. The second-order valence-corrected chi connectivity index (χ2v) is 4.26. The van der Waals surface area contributed by atoms with Gasteiger partial charge in [-0.25, -0.2) is 0 Å². The lowest BCUT2D eigenvalue weighted by Gasteiger charge is -2.10. The van der Waals surface area contributed by atoms with Crippen molar-refractivity contribution in [1.29, 1.82) is 0 Å². The van der Waals surface area contributed by atoms with Gasteiger partial charge < -0.3 is 9.73 Å². The van der Waals surface area contributed by atoms with Gasteiger partial charge in [-0.3, -0.25) is 19.9 Å². The molecule has 2 amide bonds. The summed E-state index contributed by atoms with van der Waals surface area (Å²) in [7, 11) is 1.62. The zero-order valence-electron chi connectivity index (χ0n) is 11.0. The second-order valence-electron chi connectivity index (χ2n) is 4.26. The molecule has 0 aromatic carbocycles. The SMILES string of the molecule is CNC(C(=O)NC=O)c1cc2c(C)nc(C)cc2o1. The van der Waals surface area contributed by atoms with E-state index in [4.69, 9.17) is 4.42 Å². The number of imide groups is 1. The van der Waals surface area contributed by atoms with Crippen LogP contribution in [-0.4, -0.2) is 24.3 Å². The number of likely N-dealkylation sites (N-methyl/N-ethyl adjacent to an activating group) is 1. The Bertz CT molecular complexity index is 633. The van der Waals surface area contributed by atoms with E-state index in [-0.39, 0.29) is 0 Å². The molecule has 1 atom stereocenters. The molecule has 100 valence electrons. The number of rotatable bonds is 4. The van der Waals surface area contributed by atoms with E-state index < -0.39 is 11.9 Å². The van der Waals surface area contributed by atoms with Crippen molar-refractivity contribution >= 4 is 23.3 Å². The van der Waals surface area contributed by atoms with Gasteiger partial charge in [-0.1, -0.05) is 0 Å². The molecule has 2 rings (SSSR count). The fraction of sp³-hybridized carbons (Fsp3) is 0.308. The minimum absolute atomic E-state index is 0.353. The second kappa shape index (κ2) is 5.19. The number of aromatic nitrogens is 1. The van der Waals surface area contributed by atoms with Gasteiger partial charge in [0.1, 0.15) is 17.4 Å². The number of amides is 2. The Labute approximate surface area is 110 Å². The van der Waals surface area contributed by atoms with E-state index in [0.29, 0.717) is 17.8 Å². The molecule has 2 heterocycles. The van der Waals surface area contributed by atoms with Crippen LogP contribution in [0.5, 0.6) is 0 Å². The van der Waals surface area contributed by atoms with Gasteiger partial charge in [0, 0.05) is 22.8 Å². The highest BCUT2D eigenvalue weighted by atomic mass is 16.3. The predicted octanol–water partition coefficient (Wildman–Crippen LogP) is 0.978. The number of nitrogens with one attached hydrogen (secondary N) is 2. The van der Waals surface area contributed by atoms with Crippen LogP contribution in [0.4, 0.5) is 0 Å². The highest BCUT2D eigenvalue weighted by Crippen LogP contribution is 2.26. The summed E-state index contributed by atoms with van der Waals surface area (Å²) < 4.78 is 5.67. The lowest BCUT2D eigenvalue weighted by atomic mass is 10.1. The van der Waals surface area contributed by atoms with Gasteiger partial charge in [-0.2, -0.15) is 0 Å². The van der Waals surface area contributed by atoms with Gasteiger partial charge >= 0.3 is 0 Å². The van der Waals surface area contributed by atoms with E-state index in [9.17, 15) is 9.59 Å². The maximum absolute atomic E-state index is 11.7. The van der Waals surface area contributed by atoms with Crippen LogP contribution in [0.1, 0.15) is 23.2 Å². The molecule has 0 spiro atoms. The van der Waals surface area contributed by atoms with Crippen LogP contribution in [0.15, 0.2) is 16.5 Å². The van der Waals surface area contributed by atoms with Crippen molar-refractivity contribution in [3.05, 3.63) is 29.3 Å². The summed E-state index contributed by atoms with van der Waals surface area (Å²) >= 11 is 0. The Morgan fingerprint density at radius 3 is 2.79 bits per heavy atom. The van der Waals surface area contributed by atoms with E-state index >= 15 is 0 Å². The van der Waals surface area contributed by atoms with Crippen LogP contribution in [0, 0.1) is 13.8 Å². The Balaban J connectivity index is 2.47. The van der Waals surface area contributed by atoms with E-state index in [1.165, 1.54) is 0 Å². The van der Waals surface area contributed by atoms with Crippen molar-refractivity contribution in [3.8, 4) is 0 Å². The zero-order chi connectivity index (χ0) is 14.0. The highest BCUT2D eigenvalue weighted by Gasteiger charge is 2.23. The molecule has 2 N–H and O–H groups in total. The van der Waals surface area contributed by atoms with Crippen molar-refractivity contribution in [1.82, 2.24) is 15.6 Å². The van der Waals surface area contributed by atoms with E-state index in [0.717, 1.165) is 16.8 Å². The first-order valence-electron chi connectivity index (χ1n) is 5.85. The van der Waals surface area contributed by atoms with E-state index in [1.807, 2.05) is 19.9 Å². The quantitative estimate of drug-likeness (QED) is 0.801. The first-order valence-corrected chi connectivity index (χ1v) is 5.85. The minimum atomic E-state index is -0.711. The number of carbonyl (C=O) groups is 2. The molecule has 0 bridgehead atoms. The number of pyridine rings is 1. The van der Waals surface area contributed by atoms with Crippen molar-refractivity contribution in [2.75, 3.05) is 7.05 Å². The first-order chi connectivity index (χ1) is 9.06. The molecule has 0 saturated carbocycles. The summed E-state index contributed by atoms with van der Waals surface area (Å²) in [5.41, 5.74) is 2.37. The van der Waals surface area contributed by atoms with Crippen LogP contribution < -0.4 is 10.6 Å². The minimum Gasteiger partial charge on any atom is -0.459 e. The number of hydrogen-bond acceptors (Lipinski definition) is 5. The largest absolute Gasteiger partial charge is 0.459 e. The molecule has 6 nitrogen and oxygen atoms in total. The Morgan fingerprint density at radius 1 is 1.42 bits per heavy atom. The molecule has 0 aliphatic carbocycles. The van der Waals surface area contributed by atoms with Crippen LogP contribution >= 0.6 is 0 Å². The molecule has 0 aliphatic heterocycles. The van der Waals surface area contributed by atoms with Gasteiger partial charge in [0.25, 0.3) is 5.91 Å². The van der Waals surface area contributed by atoms with Crippen molar-refractivity contribution < 1.29 is 14.0 Å². The van der Waals surface area contributed by atoms with E-state index in [2.05, 4.69) is 15.6 Å². The number of carbonyl (C=O) groups excluding carboxylic acids is 2. The Kier molecular flexibility index (Phi) is 3.62. The molecule has 0 aliphatic rings. The number of furan rings is 1. The van der Waals surface area contributed by atoms with Crippen LogP contribution in [0.3, 0.4) is 0 Å². The maximum Gasteiger partial charge on any atom is 0.251 e. The van der Waals surface area contributed by atoms with Gasteiger partial charge in [0.15, 0.2) is 0 Å². The van der Waals surface area contributed by atoms with E-state index in [1.54, 1.807) is 13.1 Å². The average Bonchev–Trinajstić information content (AvgIpc) is 2.74. The Hall–Kier alpha value is -2.21. The van der Waals surface area contributed by atoms with Gasteiger partial charge in [0.05, 0.1) is 0 Å². The molecule has 0 radical (unpaired) electrons. The Morgan fingerprint density at radius 2 is 2.16 bits per heavy atom. The van der Waals surface area contributed by atoms with Crippen molar-refractivity contribution in [3.63, 3.8) is 0 Å². The monoisotopic (exact) mass is 261 g/mol. The first kappa shape index (κ1) is 13.2. The highest BCUT2D eigenvalue weighted by molar-refractivity contribution is 5.91. The van der Waals surface area contributed by atoms with Crippen LogP contribution in [0.2, 0.25) is 0 Å². The number of nitrogens with zero attached hydrogens (tertiary/aromatic N) is 1. The summed E-state index contributed by atoms with van der Waals surface area (Å²) in [4.78, 5) is 26.4. The van der Waals surface area contributed by atoms with Crippen LogP contribution in [0.25, 0.3) is 11.0 Å². The molecular formula is C13H15N3O3. The number of aryl methyl sites for hydroxylation is 2. The molecule has 0 fully saturated rings. The molecule has 19 heavy (non-hydrogen) atoms. The molecule has 2 aromatic heterocycles. The van der Waals surface area contributed by atoms with Crippen molar-refractivity contribution in [2.24, 2.45) is 0 Å². The smallest absolute Gasteiger partial charge is 0.251 e. The lowest BCUT2D eigenvalue weighted by molar-refractivity contribution is -0.127. The van der Waals surface area contributed by atoms with Gasteiger partial charge in [-0.05, 0) is 27.0 Å².